The Morgan fingerprint density at radius 3 is 2.30 bits per heavy atom. The van der Waals surface area contributed by atoms with E-state index in [1.807, 2.05) is 13.8 Å². The number of carbonyl (C=O) groups is 2. The molecule has 0 saturated heterocycles. The second-order valence-corrected chi connectivity index (χ2v) is 7.88. The van der Waals surface area contributed by atoms with Crippen molar-refractivity contribution >= 4 is 29.3 Å². The number of halogens is 2. The monoisotopic (exact) mass is 441 g/mol. The van der Waals surface area contributed by atoms with E-state index >= 15 is 0 Å². The molecule has 0 fully saturated rings. The SMILES string of the molecule is CC(C)Cn1c(N)c(C(=O)COC(=O)c2ccc(SC(F)F)cc2)c(=O)n(C)c1=O. The summed E-state index contributed by atoms with van der Waals surface area (Å²) in [6, 6.07) is 5.22. The van der Waals surface area contributed by atoms with Crippen LogP contribution in [0.1, 0.15) is 34.6 Å². The molecule has 1 aromatic heterocycles. The average Bonchev–Trinajstić information content (AvgIpc) is 2.68. The van der Waals surface area contributed by atoms with Crippen LogP contribution in [0.15, 0.2) is 38.8 Å². The predicted molar refractivity (Wildman–Crippen MR) is 108 cm³/mol. The first-order valence-electron chi connectivity index (χ1n) is 8.87. The predicted octanol–water partition coefficient (Wildman–Crippen LogP) is 2.14. The molecule has 8 nitrogen and oxygen atoms in total. The first-order chi connectivity index (χ1) is 14.0. The van der Waals surface area contributed by atoms with Crippen molar-refractivity contribution in [2.45, 2.75) is 31.0 Å². The number of aromatic nitrogens is 2. The zero-order chi connectivity index (χ0) is 22.6. The van der Waals surface area contributed by atoms with E-state index in [0.29, 0.717) is 11.8 Å². The number of hydrogen-bond acceptors (Lipinski definition) is 7. The number of Topliss-reactive ketones (excluding diaryl/α,β-unsaturated/α-hetero) is 1. The summed E-state index contributed by atoms with van der Waals surface area (Å²) >= 11 is 0.327. The summed E-state index contributed by atoms with van der Waals surface area (Å²) in [5, 5.41) is 0. The molecule has 11 heteroatoms. The molecule has 2 N–H and O–H groups in total. The third-order valence-corrected chi connectivity index (χ3v) is 4.78. The standard InChI is InChI=1S/C19H21F2N3O5S/c1-10(2)8-24-15(22)14(16(26)23(3)19(24)28)13(25)9-29-17(27)11-4-6-12(7-5-11)30-18(20)21/h4-7,10,18H,8-9,22H2,1-3H3. The number of nitrogen functional groups attached to an aromatic ring is 1. The van der Waals surface area contributed by atoms with Gasteiger partial charge in [-0.05, 0) is 30.2 Å². The lowest BCUT2D eigenvalue weighted by Crippen LogP contribution is -2.43. The van der Waals surface area contributed by atoms with Gasteiger partial charge in [0.1, 0.15) is 11.4 Å². The van der Waals surface area contributed by atoms with Gasteiger partial charge < -0.3 is 10.5 Å². The van der Waals surface area contributed by atoms with Crippen molar-refractivity contribution < 1.29 is 23.1 Å². The Bertz CT molecular complexity index is 1060. The number of nitrogens with two attached hydrogens (primary N) is 1. The van der Waals surface area contributed by atoms with Crippen LogP contribution in [0, 0.1) is 5.92 Å². The molecule has 0 radical (unpaired) electrons. The second kappa shape index (κ2) is 9.70. The van der Waals surface area contributed by atoms with Crippen molar-refractivity contribution in [3.63, 3.8) is 0 Å². The third kappa shape index (κ3) is 5.35. The number of benzene rings is 1. The third-order valence-electron chi connectivity index (χ3n) is 4.06. The lowest BCUT2D eigenvalue weighted by Gasteiger charge is -2.16. The van der Waals surface area contributed by atoms with Gasteiger partial charge in [-0.15, -0.1) is 0 Å². The molecule has 0 spiro atoms. The average molecular weight is 441 g/mol. The lowest BCUT2D eigenvalue weighted by atomic mass is 10.1. The molecule has 0 aliphatic heterocycles. The molecule has 0 amide bonds. The van der Waals surface area contributed by atoms with Crippen molar-refractivity contribution in [2.24, 2.45) is 13.0 Å². The topological polar surface area (TPSA) is 113 Å². The number of carbonyl (C=O) groups excluding carboxylic acids is 2. The maximum Gasteiger partial charge on any atom is 0.338 e. The van der Waals surface area contributed by atoms with Crippen molar-refractivity contribution in [1.29, 1.82) is 0 Å². The molecule has 2 rings (SSSR count). The van der Waals surface area contributed by atoms with Crippen LogP contribution in [0.3, 0.4) is 0 Å². The van der Waals surface area contributed by atoms with Gasteiger partial charge in [0, 0.05) is 18.5 Å². The number of rotatable bonds is 8. The summed E-state index contributed by atoms with van der Waals surface area (Å²) < 4.78 is 31.5. The zero-order valence-electron chi connectivity index (χ0n) is 16.6. The molecule has 1 aromatic carbocycles. The van der Waals surface area contributed by atoms with E-state index in [2.05, 4.69) is 0 Å². The van der Waals surface area contributed by atoms with Gasteiger partial charge in [-0.25, -0.2) is 9.59 Å². The van der Waals surface area contributed by atoms with Crippen molar-refractivity contribution in [1.82, 2.24) is 9.13 Å². The quantitative estimate of drug-likeness (QED) is 0.379. The fourth-order valence-corrected chi connectivity index (χ4v) is 3.14. The summed E-state index contributed by atoms with van der Waals surface area (Å²) in [4.78, 5) is 49.6. The number of nitrogens with zero attached hydrogens (tertiary/aromatic N) is 2. The summed E-state index contributed by atoms with van der Waals surface area (Å²) in [6.07, 6.45) is 0. The molecule has 2 aromatic rings. The van der Waals surface area contributed by atoms with E-state index in [9.17, 15) is 28.0 Å². The molecule has 0 aliphatic rings. The first-order valence-corrected chi connectivity index (χ1v) is 9.75. The molecular formula is C19H21F2N3O5S. The van der Waals surface area contributed by atoms with Crippen LogP contribution in [-0.4, -0.2) is 33.3 Å². The molecule has 162 valence electrons. The van der Waals surface area contributed by atoms with E-state index in [4.69, 9.17) is 10.5 Å². The van der Waals surface area contributed by atoms with Gasteiger partial charge in [-0.2, -0.15) is 8.78 Å². The number of ketones is 1. The van der Waals surface area contributed by atoms with Crippen LogP contribution in [0.25, 0.3) is 0 Å². The highest BCUT2D eigenvalue weighted by atomic mass is 32.2. The van der Waals surface area contributed by atoms with Gasteiger partial charge in [0.05, 0.1) is 5.56 Å². The first kappa shape index (κ1) is 23.3. The number of esters is 1. The number of anilines is 1. The Balaban J connectivity index is 2.20. The molecular weight excluding hydrogens is 420 g/mol. The molecule has 0 saturated carbocycles. The van der Waals surface area contributed by atoms with Crippen LogP contribution >= 0.6 is 11.8 Å². The van der Waals surface area contributed by atoms with Crippen LogP contribution in [-0.2, 0) is 18.3 Å². The molecule has 0 bridgehead atoms. The van der Waals surface area contributed by atoms with Gasteiger partial charge in [0.25, 0.3) is 11.3 Å². The van der Waals surface area contributed by atoms with Gasteiger partial charge in [0.2, 0.25) is 5.78 Å². The van der Waals surface area contributed by atoms with Gasteiger partial charge in [0.15, 0.2) is 6.61 Å². The fourth-order valence-electron chi connectivity index (χ4n) is 2.65. The maximum absolute atomic E-state index is 12.5. The molecule has 30 heavy (non-hydrogen) atoms. The van der Waals surface area contributed by atoms with Gasteiger partial charge in [-0.3, -0.25) is 18.7 Å². The van der Waals surface area contributed by atoms with E-state index in [1.165, 1.54) is 31.3 Å². The number of alkyl halides is 2. The number of hydrogen-bond donors (Lipinski definition) is 1. The summed E-state index contributed by atoms with van der Waals surface area (Å²) in [6.45, 7) is 3.10. The smallest absolute Gasteiger partial charge is 0.338 e. The highest BCUT2D eigenvalue weighted by Gasteiger charge is 2.23. The minimum absolute atomic E-state index is 0.0227. The van der Waals surface area contributed by atoms with Crippen LogP contribution < -0.4 is 17.0 Å². The van der Waals surface area contributed by atoms with Gasteiger partial charge >= 0.3 is 11.7 Å². The summed E-state index contributed by atoms with van der Waals surface area (Å²) in [7, 11) is 1.22. The highest BCUT2D eigenvalue weighted by Crippen LogP contribution is 2.25. The second-order valence-electron chi connectivity index (χ2n) is 6.81. The highest BCUT2D eigenvalue weighted by molar-refractivity contribution is 7.99. The van der Waals surface area contributed by atoms with Crippen molar-refractivity contribution in [3.05, 3.63) is 56.2 Å². The normalized spacial score (nSPS) is 11.2. The van der Waals surface area contributed by atoms with E-state index in [1.54, 1.807) is 0 Å². The van der Waals surface area contributed by atoms with Crippen LogP contribution in [0.2, 0.25) is 0 Å². The molecule has 0 aliphatic carbocycles. The Morgan fingerprint density at radius 1 is 1.17 bits per heavy atom. The van der Waals surface area contributed by atoms with Crippen LogP contribution in [0.4, 0.5) is 14.6 Å². The van der Waals surface area contributed by atoms with Crippen molar-refractivity contribution in [2.75, 3.05) is 12.3 Å². The van der Waals surface area contributed by atoms with E-state index in [-0.39, 0.29) is 28.7 Å². The summed E-state index contributed by atoms with van der Waals surface area (Å²) in [5.74, 6) is -4.58. The Kier molecular flexibility index (Phi) is 7.54. The number of thioether (sulfide) groups is 1. The largest absolute Gasteiger partial charge is 0.454 e. The van der Waals surface area contributed by atoms with Crippen molar-refractivity contribution in [3.8, 4) is 0 Å². The number of ether oxygens (including phenoxy) is 1. The van der Waals surface area contributed by atoms with Crippen LogP contribution in [0.5, 0.6) is 0 Å². The zero-order valence-corrected chi connectivity index (χ0v) is 17.4. The minimum atomic E-state index is -2.59. The summed E-state index contributed by atoms with van der Waals surface area (Å²) in [5.41, 5.74) is 3.98. The molecule has 1 heterocycles. The molecule has 0 unspecified atom stereocenters. The maximum atomic E-state index is 12.5. The lowest BCUT2D eigenvalue weighted by molar-refractivity contribution is 0.0474. The van der Waals surface area contributed by atoms with E-state index in [0.717, 1.165) is 9.13 Å². The Hall–Kier alpha value is -2.95. The Labute approximate surface area is 174 Å². The minimum Gasteiger partial charge on any atom is -0.454 e. The van der Waals surface area contributed by atoms with Gasteiger partial charge in [-0.1, -0.05) is 25.6 Å². The Morgan fingerprint density at radius 2 is 1.77 bits per heavy atom. The van der Waals surface area contributed by atoms with E-state index < -0.39 is 40.9 Å². The fraction of sp³-hybridized carbons (Fsp3) is 0.368. The molecule has 0 atom stereocenters.